The van der Waals surface area contributed by atoms with E-state index in [0.29, 0.717) is 16.7 Å². The van der Waals surface area contributed by atoms with Crippen molar-refractivity contribution in [2.45, 2.75) is 32.2 Å². The highest BCUT2D eigenvalue weighted by atomic mass is 19.4. The minimum atomic E-state index is -4.36. The van der Waals surface area contributed by atoms with Gasteiger partial charge in [0, 0.05) is 30.8 Å². The zero-order valence-electron chi connectivity index (χ0n) is 16.4. The van der Waals surface area contributed by atoms with E-state index in [9.17, 15) is 22.8 Å². The zero-order valence-corrected chi connectivity index (χ0v) is 16.4. The first kappa shape index (κ1) is 21.8. The van der Waals surface area contributed by atoms with Crippen LogP contribution in [0.15, 0.2) is 48.5 Å². The summed E-state index contributed by atoms with van der Waals surface area (Å²) in [4.78, 5) is 26.7. The first-order valence-electron chi connectivity index (χ1n) is 9.72. The summed E-state index contributed by atoms with van der Waals surface area (Å²) in [5.74, 6) is -0.307. The first-order valence-corrected chi connectivity index (χ1v) is 9.72. The average Bonchev–Trinajstić information content (AvgIpc) is 3.26. The van der Waals surface area contributed by atoms with Crippen molar-refractivity contribution in [2.75, 3.05) is 19.7 Å². The molecule has 1 N–H and O–H groups in total. The van der Waals surface area contributed by atoms with Gasteiger partial charge in [-0.05, 0) is 48.2 Å². The maximum Gasteiger partial charge on any atom is 0.411 e. The summed E-state index contributed by atoms with van der Waals surface area (Å²) in [6, 6.07) is 13.4. The predicted molar refractivity (Wildman–Crippen MR) is 105 cm³/mol. The van der Waals surface area contributed by atoms with Gasteiger partial charge in [0.15, 0.2) is 0 Å². The van der Waals surface area contributed by atoms with Crippen molar-refractivity contribution in [3.8, 4) is 0 Å². The summed E-state index contributed by atoms with van der Waals surface area (Å²) in [6.07, 6.45) is -2.32. The van der Waals surface area contributed by atoms with Gasteiger partial charge in [0.2, 0.25) is 0 Å². The monoisotopic (exact) mass is 420 g/mol. The van der Waals surface area contributed by atoms with Gasteiger partial charge in [-0.1, -0.05) is 24.3 Å². The molecule has 1 fully saturated rings. The fraction of sp³-hybridized carbons (Fsp3) is 0.364. The van der Waals surface area contributed by atoms with E-state index in [-0.39, 0.29) is 25.0 Å². The van der Waals surface area contributed by atoms with Crippen LogP contribution in [0, 0.1) is 0 Å². The van der Waals surface area contributed by atoms with E-state index in [1.54, 1.807) is 30.3 Å². The summed E-state index contributed by atoms with van der Waals surface area (Å²) < 4.78 is 40.9. The smallest absolute Gasteiger partial charge is 0.367 e. The van der Waals surface area contributed by atoms with E-state index in [4.69, 9.17) is 0 Å². The highest BCUT2D eigenvalue weighted by Gasteiger charge is 2.27. The number of nitrogens with one attached hydrogen (secondary N) is 1. The Morgan fingerprint density at radius 2 is 1.67 bits per heavy atom. The third-order valence-electron chi connectivity index (χ3n) is 4.77. The minimum absolute atomic E-state index is 0.00371. The third-order valence-corrected chi connectivity index (χ3v) is 4.77. The number of ether oxygens (including phenoxy) is 1. The van der Waals surface area contributed by atoms with Crippen molar-refractivity contribution in [2.24, 2.45) is 0 Å². The van der Waals surface area contributed by atoms with Crippen molar-refractivity contribution >= 4 is 11.8 Å². The van der Waals surface area contributed by atoms with Gasteiger partial charge in [0.1, 0.15) is 6.61 Å². The standard InChI is InChI=1S/C22H23F3N2O3/c23-22(24,25)15-30-14-16-6-8-18(9-7-16)20(28)26-13-17-4-3-5-19(12-17)21(29)27-10-1-2-11-27/h3-9,12H,1-2,10-11,13-15H2,(H,26,28). The molecule has 1 aliphatic rings. The van der Waals surface area contributed by atoms with Gasteiger partial charge in [0.05, 0.1) is 6.61 Å². The predicted octanol–water partition coefficient (Wildman–Crippen LogP) is 3.93. The molecule has 0 unspecified atom stereocenters. The number of rotatable bonds is 7. The fourth-order valence-corrected chi connectivity index (χ4v) is 3.24. The van der Waals surface area contributed by atoms with E-state index in [2.05, 4.69) is 10.1 Å². The topological polar surface area (TPSA) is 58.6 Å². The normalized spacial score (nSPS) is 14.0. The number of likely N-dealkylation sites (tertiary alicyclic amines) is 1. The maximum absolute atomic E-state index is 12.5. The van der Waals surface area contributed by atoms with E-state index in [1.807, 2.05) is 11.0 Å². The summed E-state index contributed by atoms with van der Waals surface area (Å²) in [7, 11) is 0. The largest absolute Gasteiger partial charge is 0.411 e. The molecule has 3 rings (SSSR count). The Labute approximate surface area is 172 Å². The lowest BCUT2D eigenvalue weighted by Crippen LogP contribution is -2.28. The second-order valence-electron chi connectivity index (χ2n) is 7.19. The Hall–Kier alpha value is -2.87. The Morgan fingerprint density at radius 3 is 2.33 bits per heavy atom. The Morgan fingerprint density at radius 1 is 0.967 bits per heavy atom. The van der Waals surface area contributed by atoms with E-state index >= 15 is 0 Å². The molecule has 0 atom stereocenters. The Bertz CT molecular complexity index is 876. The molecular weight excluding hydrogens is 397 g/mol. The Balaban J connectivity index is 1.51. The van der Waals surface area contributed by atoms with Crippen LogP contribution < -0.4 is 5.32 Å². The van der Waals surface area contributed by atoms with Crippen LogP contribution in [0.3, 0.4) is 0 Å². The zero-order chi connectivity index (χ0) is 21.6. The molecular formula is C22H23F3N2O3. The van der Waals surface area contributed by atoms with Crippen molar-refractivity contribution < 1.29 is 27.5 Å². The quantitative estimate of drug-likeness (QED) is 0.739. The molecule has 0 spiro atoms. The molecule has 2 amide bonds. The average molecular weight is 420 g/mol. The van der Waals surface area contributed by atoms with Crippen molar-refractivity contribution in [1.29, 1.82) is 0 Å². The number of carbonyl (C=O) groups excluding carboxylic acids is 2. The summed E-state index contributed by atoms with van der Waals surface area (Å²) in [6.45, 7) is 0.318. The third kappa shape index (κ3) is 6.32. The molecule has 0 aliphatic carbocycles. The fourth-order valence-electron chi connectivity index (χ4n) is 3.24. The second-order valence-corrected chi connectivity index (χ2v) is 7.19. The summed E-state index contributed by atoms with van der Waals surface area (Å²) >= 11 is 0. The van der Waals surface area contributed by atoms with Gasteiger partial charge in [-0.2, -0.15) is 13.2 Å². The molecule has 0 radical (unpaired) electrons. The van der Waals surface area contributed by atoms with E-state index in [1.165, 1.54) is 12.1 Å². The number of alkyl halides is 3. The highest BCUT2D eigenvalue weighted by molar-refractivity contribution is 5.95. The lowest BCUT2D eigenvalue weighted by atomic mass is 10.1. The maximum atomic E-state index is 12.5. The number of hydrogen-bond donors (Lipinski definition) is 1. The molecule has 30 heavy (non-hydrogen) atoms. The molecule has 1 saturated heterocycles. The van der Waals surface area contributed by atoms with Crippen molar-refractivity contribution in [3.63, 3.8) is 0 Å². The summed E-state index contributed by atoms with van der Waals surface area (Å²) in [5.41, 5.74) is 2.35. The van der Waals surface area contributed by atoms with Gasteiger partial charge >= 0.3 is 6.18 Å². The molecule has 0 saturated carbocycles. The van der Waals surface area contributed by atoms with Gasteiger partial charge < -0.3 is 15.0 Å². The number of carbonyl (C=O) groups is 2. The SMILES string of the molecule is O=C(NCc1cccc(C(=O)N2CCCC2)c1)c1ccc(COCC(F)(F)F)cc1. The molecule has 1 heterocycles. The highest BCUT2D eigenvalue weighted by Crippen LogP contribution is 2.16. The van der Waals surface area contributed by atoms with Gasteiger partial charge in [-0.25, -0.2) is 0 Å². The van der Waals surface area contributed by atoms with Crippen molar-refractivity contribution in [3.05, 3.63) is 70.8 Å². The lowest BCUT2D eigenvalue weighted by Gasteiger charge is -2.15. The number of benzene rings is 2. The summed E-state index contributed by atoms with van der Waals surface area (Å²) in [5, 5.41) is 2.79. The van der Waals surface area contributed by atoms with Gasteiger partial charge in [-0.3, -0.25) is 9.59 Å². The van der Waals surface area contributed by atoms with Crippen LogP contribution >= 0.6 is 0 Å². The molecule has 8 heteroatoms. The van der Waals surface area contributed by atoms with E-state index < -0.39 is 12.8 Å². The first-order chi connectivity index (χ1) is 14.3. The molecule has 1 aliphatic heterocycles. The van der Waals surface area contributed by atoms with Crippen LogP contribution in [-0.2, 0) is 17.9 Å². The molecule has 5 nitrogen and oxygen atoms in total. The van der Waals surface area contributed by atoms with Crippen LogP contribution in [0.4, 0.5) is 13.2 Å². The Kier molecular flexibility index (Phi) is 7.10. The number of amides is 2. The lowest BCUT2D eigenvalue weighted by molar-refractivity contribution is -0.176. The molecule has 0 aromatic heterocycles. The van der Waals surface area contributed by atoms with Crippen LogP contribution in [0.2, 0.25) is 0 Å². The van der Waals surface area contributed by atoms with Crippen LogP contribution in [-0.4, -0.2) is 42.6 Å². The number of halogens is 3. The number of nitrogens with zero attached hydrogens (tertiary/aromatic N) is 1. The molecule has 0 bridgehead atoms. The van der Waals surface area contributed by atoms with E-state index in [0.717, 1.165) is 31.5 Å². The van der Waals surface area contributed by atoms with Gasteiger partial charge in [-0.15, -0.1) is 0 Å². The van der Waals surface area contributed by atoms with Gasteiger partial charge in [0.25, 0.3) is 11.8 Å². The van der Waals surface area contributed by atoms with Crippen molar-refractivity contribution in [1.82, 2.24) is 10.2 Å². The minimum Gasteiger partial charge on any atom is -0.367 e. The van der Waals surface area contributed by atoms with Crippen LogP contribution in [0.5, 0.6) is 0 Å². The molecule has 2 aromatic rings. The molecule has 2 aromatic carbocycles. The second kappa shape index (κ2) is 9.75. The number of hydrogen-bond acceptors (Lipinski definition) is 3. The van der Waals surface area contributed by atoms with Crippen LogP contribution in [0.25, 0.3) is 0 Å². The molecule has 160 valence electrons. The van der Waals surface area contributed by atoms with Crippen LogP contribution in [0.1, 0.15) is 44.7 Å².